The fourth-order valence-electron chi connectivity index (χ4n) is 3.16. The summed E-state index contributed by atoms with van der Waals surface area (Å²) >= 11 is 0. The number of benzene rings is 2. The zero-order valence-corrected chi connectivity index (χ0v) is 16.8. The SMILES string of the molecule is Cc1ccc(NC(=O)Nc2ccccc2)cc1NC(=O)CCC1CCNC1.Cl. The molecule has 4 N–H and O–H groups in total. The minimum Gasteiger partial charge on any atom is -0.326 e. The number of carbonyl (C=O) groups excluding carboxylic acids is 2. The summed E-state index contributed by atoms with van der Waals surface area (Å²) in [6.45, 7) is 3.98. The summed E-state index contributed by atoms with van der Waals surface area (Å²) in [5.41, 5.74) is 3.03. The van der Waals surface area contributed by atoms with Gasteiger partial charge in [-0.2, -0.15) is 0 Å². The van der Waals surface area contributed by atoms with Gasteiger partial charge in [-0.1, -0.05) is 24.3 Å². The van der Waals surface area contributed by atoms with E-state index in [9.17, 15) is 9.59 Å². The minimum atomic E-state index is -0.323. The number of para-hydroxylation sites is 1. The highest BCUT2D eigenvalue weighted by Gasteiger charge is 2.16. The van der Waals surface area contributed by atoms with Crippen molar-refractivity contribution in [2.24, 2.45) is 5.92 Å². The Balaban J connectivity index is 0.00000280. The fraction of sp³-hybridized carbons (Fsp3) is 0.333. The van der Waals surface area contributed by atoms with Crippen LogP contribution in [-0.2, 0) is 4.79 Å². The maximum Gasteiger partial charge on any atom is 0.323 e. The zero-order chi connectivity index (χ0) is 19.1. The number of hydrogen-bond acceptors (Lipinski definition) is 3. The predicted octanol–water partition coefficient (Wildman–Crippen LogP) is 4.39. The molecule has 7 heteroatoms. The number of amides is 3. The van der Waals surface area contributed by atoms with Crippen molar-refractivity contribution in [1.82, 2.24) is 5.32 Å². The highest BCUT2D eigenvalue weighted by atomic mass is 35.5. The predicted molar refractivity (Wildman–Crippen MR) is 116 cm³/mol. The molecule has 2 aromatic carbocycles. The number of nitrogens with one attached hydrogen (secondary N) is 4. The van der Waals surface area contributed by atoms with Gasteiger partial charge in [-0.25, -0.2) is 4.79 Å². The maximum absolute atomic E-state index is 12.3. The van der Waals surface area contributed by atoms with Gasteiger partial charge < -0.3 is 21.3 Å². The summed E-state index contributed by atoms with van der Waals surface area (Å²) in [5.74, 6) is 0.599. The van der Waals surface area contributed by atoms with Crippen molar-refractivity contribution < 1.29 is 9.59 Å². The van der Waals surface area contributed by atoms with Crippen LogP contribution in [0.5, 0.6) is 0 Å². The number of carbonyl (C=O) groups is 2. The lowest BCUT2D eigenvalue weighted by atomic mass is 10.0. The monoisotopic (exact) mass is 402 g/mol. The molecule has 3 amide bonds. The largest absolute Gasteiger partial charge is 0.326 e. The first-order valence-electron chi connectivity index (χ1n) is 9.34. The Morgan fingerprint density at radius 3 is 2.50 bits per heavy atom. The molecule has 1 fully saturated rings. The molecule has 0 radical (unpaired) electrons. The van der Waals surface area contributed by atoms with Gasteiger partial charge >= 0.3 is 6.03 Å². The van der Waals surface area contributed by atoms with Crippen LogP contribution in [-0.4, -0.2) is 25.0 Å². The van der Waals surface area contributed by atoms with Crippen LogP contribution in [0.1, 0.15) is 24.8 Å². The second-order valence-corrected chi connectivity index (χ2v) is 6.92. The maximum atomic E-state index is 12.3. The topological polar surface area (TPSA) is 82.3 Å². The smallest absolute Gasteiger partial charge is 0.323 e. The Morgan fingerprint density at radius 1 is 1.04 bits per heavy atom. The van der Waals surface area contributed by atoms with Crippen molar-refractivity contribution in [2.45, 2.75) is 26.2 Å². The Kier molecular flexibility index (Phi) is 8.29. The van der Waals surface area contributed by atoms with Gasteiger partial charge in [-0.15, -0.1) is 12.4 Å². The summed E-state index contributed by atoms with van der Waals surface area (Å²) in [4.78, 5) is 24.4. The van der Waals surface area contributed by atoms with E-state index in [0.717, 1.165) is 42.9 Å². The molecule has 1 atom stereocenters. The highest BCUT2D eigenvalue weighted by Crippen LogP contribution is 2.22. The van der Waals surface area contributed by atoms with E-state index in [2.05, 4.69) is 21.3 Å². The average Bonchev–Trinajstić information content (AvgIpc) is 3.17. The fourth-order valence-corrected chi connectivity index (χ4v) is 3.16. The quantitative estimate of drug-likeness (QED) is 0.578. The van der Waals surface area contributed by atoms with Crippen LogP contribution >= 0.6 is 12.4 Å². The van der Waals surface area contributed by atoms with E-state index < -0.39 is 0 Å². The molecule has 0 aromatic heterocycles. The van der Waals surface area contributed by atoms with Crippen molar-refractivity contribution in [1.29, 1.82) is 0 Å². The third-order valence-corrected chi connectivity index (χ3v) is 4.74. The van der Waals surface area contributed by atoms with Crippen molar-refractivity contribution in [3.05, 3.63) is 54.1 Å². The molecule has 3 rings (SSSR count). The van der Waals surface area contributed by atoms with E-state index in [0.29, 0.717) is 18.0 Å². The van der Waals surface area contributed by atoms with Crippen molar-refractivity contribution in [3.8, 4) is 0 Å². The van der Waals surface area contributed by atoms with E-state index in [4.69, 9.17) is 0 Å². The van der Waals surface area contributed by atoms with Gasteiger partial charge in [0.05, 0.1) is 0 Å². The van der Waals surface area contributed by atoms with E-state index >= 15 is 0 Å². The van der Waals surface area contributed by atoms with Crippen molar-refractivity contribution in [2.75, 3.05) is 29.0 Å². The molecule has 1 saturated heterocycles. The summed E-state index contributed by atoms with van der Waals surface area (Å²) in [7, 11) is 0. The van der Waals surface area contributed by atoms with Gasteiger partial charge in [0.25, 0.3) is 0 Å². The number of aryl methyl sites for hydroxylation is 1. The van der Waals surface area contributed by atoms with E-state index in [1.165, 1.54) is 0 Å². The molecule has 6 nitrogen and oxygen atoms in total. The van der Waals surface area contributed by atoms with E-state index in [1.807, 2.05) is 49.4 Å². The van der Waals surface area contributed by atoms with Crippen LogP contribution in [0.25, 0.3) is 0 Å². The normalized spacial score (nSPS) is 15.4. The average molecular weight is 403 g/mol. The highest BCUT2D eigenvalue weighted by molar-refractivity contribution is 6.00. The van der Waals surface area contributed by atoms with E-state index in [-0.39, 0.29) is 24.3 Å². The Morgan fingerprint density at radius 2 is 1.79 bits per heavy atom. The minimum absolute atomic E-state index is 0. The standard InChI is InChI=1S/C21H26N4O2.ClH/c1-15-7-9-18(24-21(27)23-17-5-3-2-4-6-17)13-19(15)25-20(26)10-8-16-11-12-22-14-16;/h2-7,9,13,16,22H,8,10-12,14H2,1H3,(H,25,26)(H2,23,24,27);1H. The Bertz CT molecular complexity index is 792. The second-order valence-electron chi connectivity index (χ2n) is 6.92. The second kappa shape index (κ2) is 10.7. The summed E-state index contributed by atoms with van der Waals surface area (Å²) in [6, 6.07) is 14.4. The number of anilines is 3. The van der Waals surface area contributed by atoms with Gasteiger partial charge in [0.2, 0.25) is 5.91 Å². The molecule has 1 aliphatic heterocycles. The molecule has 28 heavy (non-hydrogen) atoms. The zero-order valence-electron chi connectivity index (χ0n) is 16.0. The van der Waals surface area contributed by atoms with Crippen LogP contribution in [0, 0.1) is 12.8 Å². The van der Waals surface area contributed by atoms with Crippen molar-refractivity contribution >= 4 is 41.4 Å². The molecular weight excluding hydrogens is 376 g/mol. The number of hydrogen-bond donors (Lipinski definition) is 4. The van der Waals surface area contributed by atoms with Gasteiger partial charge in [-0.3, -0.25) is 4.79 Å². The van der Waals surface area contributed by atoms with Gasteiger partial charge in [0, 0.05) is 23.5 Å². The van der Waals surface area contributed by atoms with Gasteiger partial charge in [0.1, 0.15) is 0 Å². The van der Waals surface area contributed by atoms with Crippen LogP contribution < -0.4 is 21.3 Å². The lowest BCUT2D eigenvalue weighted by Gasteiger charge is -2.13. The van der Waals surface area contributed by atoms with Gasteiger partial charge in [-0.05, 0) is 68.6 Å². The van der Waals surface area contributed by atoms with Crippen LogP contribution in [0.3, 0.4) is 0 Å². The molecule has 0 aliphatic carbocycles. The first-order chi connectivity index (χ1) is 13.1. The number of urea groups is 1. The molecule has 1 heterocycles. The van der Waals surface area contributed by atoms with Crippen LogP contribution in [0.4, 0.5) is 21.9 Å². The van der Waals surface area contributed by atoms with Crippen LogP contribution in [0.2, 0.25) is 0 Å². The molecule has 1 unspecified atom stereocenters. The Labute approximate surface area is 171 Å². The molecule has 0 spiro atoms. The summed E-state index contributed by atoms with van der Waals surface area (Å²) in [5, 5.41) is 11.9. The first kappa shape index (κ1) is 21.7. The molecule has 2 aromatic rings. The third-order valence-electron chi connectivity index (χ3n) is 4.74. The molecule has 1 aliphatic rings. The lowest BCUT2D eigenvalue weighted by Crippen LogP contribution is -2.20. The summed E-state index contributed by atoms with van der Waals surface area (Å²) in [6.07, 6.45) is 2.55. The molecular formula is C21H27ClN4O2. The molecule has 0 bridgehead atoms. The first-order valence-corrected chi connectivity index (χ1v) is 9.34. The summed E-state index contributed by atoms with van der Waals surface area (Å²) < 4.78 is 0. The lowest BCUT2D eigenvalue weighted by molar-refractivity contribution is -0.116. The Hall–Kier alpha value is -2.57. The number of rotatable bonds is 6. The van der Waals surface area contributed by atoms with E-state index in [1.54, 1.807) is 6.07 Å². The van der Waals surface area contributed by atoms with Crippen molar-refractivity contribution in [3.63, 3.8) is 0 Å². The van der Waals surface area contributed by atoms with Gasteiger partial charge in [0.15, 0.2) is 0 Å². The third kappa shape index (κ3) is 6.55. The van der Waals surface area contributed by atoms with Crippen LogP contribution in [0.15, 0.2) is 48.5 Å². The number of halogens is 1. The molecule has 0 saturated carbocycles. The molecule has 150 valence electrons.